The lowest BCUT2D eigenvalue weighted by atomic mass is 9.79. The van der Waals surface area contributed by atoms with Crippen molar-refractivity contribution in [2.24, 2.45) is 16.6 Å². The molecule has 34 heavy (non-hydrogen) atoms. The Hall–Kier alpha value is -2.79. The molecule has 2 heterocycles. The number of amidine groups is 1. The molecule has 182 valence electrons. The molecule has 7 nitrogen and oxygen atoms in total. The topological polar surface area (TPSA) is 118 Å². The summed E-state index contributed by atoms with van der Waals surface area (Å²) in [5.41, 5.74) is 9.23. The van der Waals surface area contributed by atoms with Crippen LogP contribution >= 0.6 is 23.4 Å². The Morgan fingerprint density at radius 3 is 2.62 bits per heavy atom. The van der Waals surface area contributed by atoms with Crippen molar-refractivity contribution < 1.29 is 27.9 Å². The van der Waals surface area contributed by atoms with Gasteiger partial charge in [-0.15, -0.1) is 0 Å². The molecule has 12 heteroatoms. The number of carbonyl (C=O) groups excluding carboxylic acids is 1. The predicted octanol–water partition coefficient (Wildman–Crippen LogP) is 4.85. The number of carbonyl (C=O) groups is 2. The number of hydrogen-bond acceptors (Lipinski definition) is 6. The van der Waals surface area contributed by atoms with Gasteiger partial charge in [0.15, 0.2) is 5.17 Å². The summed E-state index contributed by atoms with van der Waals surface area (Å²) >= 11 is 7.48. The van der Waals surface area contributed by atoms with E-state index in [0.717, 1.165) is 36.3 Å². The number of aliphatic carboxylic acids is 1. The Labute approximate surface area is 203 Å². The summed E-state index contributed by atoms with van der Waals surface area (Å²) in [6.45, 7) is 2.17. The highest BCUT2D eigenvalue weighted by molar-refractivity contribution is 8.13. The average molecular weight is 515 g/mol. The van der Waals surface area contributed by atoms with E-state index in [4.69, 9.17) is 32.2 Å². The molecule has 1 aromatic heterocycles. The third-order valence-electron chi connectivity index (χ3n) is 5.68. The van der Waals surface area contributed by atoms with Crippen molar-refractivity contribution in [2.45, 2.75) is 37.9 Å². The smallest absolute Gasteiger partial charge is 0.475 e. The highest BCUT2D eigenvalue weighted by Gasteiger charge is 2.41. The van der Waals surface area contributed by atoms with Gasteiger partial charge in [-0.1, -0.05) is 29.4 Å². The number of nitrogens with zero attached hydrogens (tertiary/aromatic N) is 2. The highest BCUT2D eigenvalue weighted by atomic mass is 35.5. The molecule has 2 aromatic rings. The van der Waals surface area contributed by atoms with Gasteiger partial charge in [-0.3, -0.25) is 9.79 Å². The normalized spacial score (nSPS) is 21.6. The number of aryl methyl sites for hydroxylation is 1. The zero-order valence-electron chi connectivity index (χ0n) is 18.0. The van der Waals surface area contributed by atoms with E-state index in [1.807, 2.05) is 12.1 Å². The number of halogens is 4. The van der Waals surface area contributed by atoms with Gasteiger partial charge in [-0.25, -0.2) is 9.78 Å². The first-order valence-electron chi connectivity index (χ1n) is 10.2. The number of amides is 1. The van der Waals surface area contributed by atoms with Crippen LogP contribution in [0.4, 0.5) is 18.9 Å². The van der Waals surface area contributed by atoms with Crippen LogP contribution in [-0.2, 0) is 16.8 Å². The Bertz CT molecular complexity index is 1110. The van der Waals surface area contributed by atoms with Crippen molar-refractivity contribution in [3.8, 4) is 0 Å². The number of carboxylic acids is 1. The molecule has 1 aliphatic carbocycles. The van der Waals surface area contributed by atoms with Crippen molar-refractivity contribution in [2.75, 3.05) is 11.1 Å². The van der Waals surface area contributed by atoms with E-state index >= 15 is 0 Å². The van der Waals surface area contributed by atoms with Gasteiger partial charge < -0.3 is 16.2 Å². The first-order chi connectivity index (χ1) is 15.9. The summed E-state index contributed by atoms with van der Waals surface area (Å²) in [4.78, 5) is 30.3. The molecule has 0 saturated carbocycles. The summed E-state index contributed by atoms with van der Waals surface area (Å²) in [7, 11) is 0. The van der Waals surface area contributed by atoms with E-state index in [2.05, 4.69) is 23.3 Å². The Kier molecular flexibility index (Phi) is 7.77. The second kappa shape index (κ2) is 10.2. The number of thioether (sulfide) groups is 1. The molecule has 1 aliphatic heterocycles. The van der Waals surface area contributed by atoms with Crippen molar-refractivity contribution in [3.63, 3.8) is 0 Å². The van der Waals surface area contributed by atoms with Gasteiger partial charge >= 0.3 is 12.1 Å². The fourth-order valence-electron chi connectivity index (χ4n) is 3.93. The standard InChI is InChI=1S/C20H21ClN4OS.C2HF3O2/c1-20-13(11-27-19(22)25-20)4-2-3-12-5-7-15(9-16(12)20)24-18(26)17-8-6-14(21)10-23-17;3-2(4,5)1(6)7/h5-10,13H,2-4,11H2,1H3,(H2,22,25)(H,24,26);(H,6,7)/t13-,20+;/m1./s1. The molecule has 2 atom stereocenters. The molecule has 1 amide bonds. The zero-order valence-corrected chi connectivity index (χ0v) is 19.6. The number of rotatable bonds is 2. The fraction of sp³-hybridized carbons (Fsp3) is 0.364. The second-order valence-corrected chi connectivity index (χ2v) is 9.47. The van der Waals surface area contributed by atoms with Gasteiger partial charge in [0.05, 0.1) is 10.6 Å². The minimum Gasteiger partial charge on any atom is -0.475 e. The maximum Gasteiger partial charge on any atom is 0.490 e. The van der Waals surface area contributed by atoms with Crippen LogP contribution in [0.25, 0.3) is 0 Å². The fourth-order valence-corrected chi connectivity index (χ4v) is 5.16. The lowest BCUT2D eigenvalue weighted by molar-refractivity contribution is -0.192. The molecule has 4 rings (SSSR count). The van der Waals surface area contributed by atoms with Crippen LogP contribution in [0.1, 0.15) is 41.4 Å². The Morgan fingerprint density at radius 2 is 2.00 bits per heavy atom. The molecule has 0 bridgehead atoms. The molecule has 0 saturated heterocycles. The third-order valence-corrected chi connectivity index (χ3v) is 6.86. The quantitative estimate of drug-likeness (QED) is 0.527. The van der Waals surface area contributed by atoms with Crippen LogP contribution in [0.15, 0.2) is 41.5 Å². The minimum atomic E-state index is -5.08. The molecule has 0 fully saturated rings. The maximum atomic E-state index is 12.5. The van der Waals surface area contributed by atoms with Crippen LogP contribution < -0.4 is 11.1 Å². The number of aliphatic imine (C=N–C) groups is 1. The van der Waals surface area contributed by atoms with E-state index in [0.29, 0.717) is 21.8 Å². The van der Waals surface area contributed by atoms with Gasteiger partial charge in [0.2, 0.25) is 0 Å². The number of pyridine rings is 1. The molecular formula is C22H22ClF3N4O3S. The van der Waals surface area contributed by atoms with E-state index < -0.39 is 12.1 Å². The SMILES string of the molecule is C[C@]12N=C(N)SC[C@H]1CCCc1ccc(NC(=O)c3ccc(Cl)cn3)cc12.O=C(O)C(F)(F)F. The first-order valence-corrected chi connectivity index (χ1v) is 11.6. The van der Waals surface area contributed by atoms with Gasteiger partial charge in [0, 0.05) is 17.6 Å². The van der Waals surface area contributed by atoms with E-state index in [1.165, 1.54) is 11.8 Å². The van der Waals surface area contributed by atoms with E-state index in [1.54, 1.807) is 23.9 Å². The van der Waals surface area contributed by atoms with Crippen LogP contribution in [-0.4, -0.2) is 39.1 Å². The van der Waals surface area contributed by atoms with Crippen LogP contribution in [0.5, 0.6) is 0 Å². The van der Waals surface area contributed by atoms with Gasteiger partial charge in [-0.05, 0) is 67.5 Å². The largest absolute Gasteiger partial charge is 0.490 e. The van der Waals surface area contributed by atoms with Gasteiger partial charge in [0.1, 0.15) is 5.69 Å². The Balaban J connectivity index is 0.000000406. The third kappa shape index (κ3) is 6.01. The number of fused-ring (bicyclic) bond motifs is 3. The van der Waals surface area contributed by atoms with Crippen molar-refractivity contribution >= 4 is 46.1 Å². The second-order valence-electron chi connectivity index (χ2n) is 7.99. The zero-order chi connectivity index (χ0) is 25.1. The number of nitrogens with two attached hydrogens (primary N) is 1. The van der Waals surface area contributed by atoms with Crippen molar-refractivity contribution in [1.29, 1.82) is 0 Å². The molecule has 2 aliphatic rings. The lowest BCUT2D eigenvalue weighted by Gasteiger charge is -2.37. The molecule has 0 radical (unpaired) electrons. The summed E-state index contributed by atoms with van der Waals surface area (Å²) in [6, 6.07) is 9.36. The number of benzene rings is 1. The minimum absolute atomic E-state index is 0.260. The van der Waals surface area contributed by atoms with E-state index in [-0.39, 0.29) is 11.4 Å². The molecular weight excluding hydrogens is 493 g/mol. The maximum absolute atomic E-state index is 12.5. The van der Waals surface area contributed by atoms with Crippen molar-refractivity contribution in [3.05, 3.63) is 58.4 Å². The first kappa shape index (κ1) is 25.8. The van der Waals surface area contributed by atoms with E-state index in [9.17, 15) is 18.0 Å². The number of alkyl halides is 3. The van der Waals surface area contributed by atoms with Crippen LogP contribution in [0.3, 0.4) is 0 Å². The van der Waals surface area contributed by atoms with Gasteiger partial charge in [0.25, 0.3) is 5.91 Å². The number of carboxylic acid groups (broad SMARTS) is 1. The molecule has 1 aromatic carbocycles. The summed E-state index contributed by atoms with van der Waals surface area (Å²) in [5, 5.41) is 11.2. The van der Waals surface area contributed by atoms with Gasteiger partial charge in [-0.2, -0.15) is 13.2 Å². The average Bonchev–Trinajstić information content (AvgIpc) is 2.89. The molecule has 0 unspecified atom stereocenters. The monoisotopic (exact) mass is 514 g/mol. The number of aromatic nitrogens is 1. The van der Waals surface area contributed by atoms with Crippen LogP contribution in [0.2, 0.25) is 5.02 Å². The lowest BCUT2D eigenvalue weighted by Crippen LogP contribution is -2.37. The summed E-state index contributed by atoms with van der Waals surface area (Å²) in [5.74, 6) is -1.59. The summed E-state index contributed by atoms with van der Waals surface area (Å²) < 4.78 is 31.7. The molecule has 4 N–H and O–H groups in total. The predicted molar refractivity (Wildman–Crippen MR) is 125 cm³/mol. The number of nitrogens with one attached hydrogen (secondary N) is 1. The highest BCUT2D eigenvalue weighted by Crippen LogP contribution is 2.46. The molecule has 0 spiro atoms. The summed E-state index contributed by atoms with van der Waals surface area (Å²) in [6.07, 6.45) is -0.320. The van der Waals surface area contributed by atoms with Crippen molar-refractivity contribution in [1.82, 2.24) is 4.98 Å². The number of anilines is 1. The Morgan fingerprint density at radius 1 is 1.29 bits per heavy atom. The number of hydrogen-bond donors (Lipinski definition) is 3. The van der Waals surface area contributed by atoms with Crippen LogP contribution in [0, 0.1) is 5.92 Å².